The number of aromatic hydroxyl groups is 1. The maximum absolute atomic E-state index is 13.1. The molecule has 1 atom stereocenters. The first kappa shape index (κ1) is 17.2. The van der Waals surface area contributed by atoms with Gasteiger partial charge in [-0.1, -0.05) is 60.1 Å². The van der Waals surface area contributed by atoms with Crippen molar-refractivity contribution in [1.29, 1.82) is 0 Å². The average molecular weight is 377 g/mol. The Morgan fingerprint density at radius 1 is 0.963 bits per heavy atom. The first-order chi connectivity index (χ1) is 13.1. The highest BCUT2D eigenvalue weighted by Crippen LogP contribution is 2.36. The van der Waals surface area contributed by atoms with Gasteiger partial charge < -0.3 is 5.11 Å². The van der Waals surface area contributed by atoms with Gasteiger partial charge in [-0.25, -0.2) is 5.01 Å². The lowest BCUT2D eigenvalue weighted by molar-refractivity contribution is 0.0672. The van der Waals surface area contributed by atoms with Gasteiger partial charge in [0.2, 0.25) is 0 Å². The minimum absolute atomic E-state index is 0.0963. The number of carbonyl (C=O) groups is 1. The molecule has 0 saturated heterocycles. The molecule has 134 valence electrons. The predicted molar refractivity (Wildman–Crippen MR) is 106 cm³/mol. The summed E-state index contributed by atoms with van der Waals surface area (Å²) in [7, 11) is 0. The topological polar surface area (TPSA) is 52.6 Å². The number of phenolic OH excluding ortho intramolecular Hbond substituents is 1. The number of nitrogens with one attached hydrogen (secondary N) is 1. The highest BCUT2D eigenvalue weighted by molar-refractivity contribution is 6.30. The van der Waals surface area contributed by atoms with Gasteiger partial charge in [-0.3, -0.25) is 10.2 Å². The third-order valence-electron chi connectivity index (χ3n) is 4.47. The van der Waals surface area contributed by atoms with Crippen molar-refractivity contribution in [2.24, 2.45) is 0 Å². The van der Waals surface area contributed by atoms with Gasteiger partial charge in [0, 0.05) is 16.1 Å². The zero-order valence-electron chi connectivity index (χ0n) is 14.3. The second-order valence-corrected chi connectivity index (χ2v) is 6.69. The quantitative estimate of drug-likeness (QED) is 0.691. The Balaban J connectivity index is 1.76. The van der Waals surface area contributed by atoms with Crippen LogP contribution in [-0.4, -0.2) is 16.0 Å². The summed E-state index contributed by atoms with van der Waals surface area (Å²) in [4.78, 5) is 13.1. The fraction of sp³-hybridized carbons (Fsp3) is 0.0455. The Morgan fingerprint density at radius 3 is 2.33 bits per heavy atom. The number of hydrazine groups is 1. The molecule has 3 aromatic carbocycles. The number of phenols is 1. The summed E-state index contributed by atoms with van der Waals surface area (Å²) in [6, 6.07) is 23.4. The normalized spacial score (nSPS) is 16.0. The molecule has 0 fully saturated rings. The van der Waals surface area contributed by atoms with Gasteiger partial charge >= 0.3 is 0 Å². The van der Waals surface area contributed by atoms with Crippen molar-refractivity contribution in [3.05, 3.63) is 107 Å². The number of rotatable bonds is 3. The molecule has 5 heteroatoms. The van der Waals surface area contributed by atoms with E-state index in [4.69, 9.17) is 11.6 Å². The highest BCUT2D eigenvalue weighted by atomic mass is 35.5. The predicted octanol–water partition coefficient (Wildman–Crippen LogP) is 4.79. The lowest BCUT2D eigenvalue weighted by Gasteiger charge is -2.25. The van der Waals surface area contributed by atoms with Gasteiger partial charge in [-0.05, 0) is 42.0 Å². The Kier molecular flexibility index (Phi) is 4.57. The fourth-order valence-corrected chi connectivity index (χ4v) is 3.31. The number of hydrogen-bond donors (Lipinski definition) is 2. The molecule has 0 bridgehead atoms. The van der Waals surface area contributed by atoms with Crippen LogP contribution in [0, 0.1) is 0 Å². The molecular formula is C22H17ClN2O2. The van der Waals surface area contributed by atoms with Crippen molar-refractivity contribution in [2.45, 2.75) is 6.04 Å². The monoisotopic (exact) mass is 376 g/mol. The highest BCUT2D eigenvalue weighted by Gasteiger charge is 2.32. The summed E-state index contributed by atoms with van der Waals surface area (Å²) in [5.74, 6) is -0.0591. The zero-order chi connectivity index (χ0) is 18.8. The van der Waals surface area contributed by atoms with E-state index in [1.165, 1.54) is 0 Å². The summed E-state index contributed by atoms with van der Waals surface area (Å²) in [5, 5.41) is 12.3. The number of halogens is 1. The van der Waals surface area contributed by atoms with Crippen LogP contribution in [0.4, 0.5) is 0 Å². The van der Waals surface area contributed by atoms with E-state index >= 15 is 0 Å². The van der Waals surface area contributed by atoms with Gasteiger partial charge in [-0.2, -0.15) is 0 Å². The Labute approximate surface area is 162 Å². The number of benzene rings is 3. The molecule has 0 aliphatic carbocycles. The third kappa shape index (κ3) is 3.39. The lowest BCUT2D eigenvalue weighted by atomic mass is 10.0. The van der Waals surface area contributed by atoms with Crippen LogP contribution in [0.3, 0.4) is 0 Å². The molecule has 2 N–H and O–H groups in total. The summed E-state index contributed by atoms with van der Waals surface area (Å²) in [6.45, 7) is 0. The van der Waals surface area contributed by atoms with E-state index < -0.39 is 0 Å². The molecule has 1 aliphatic heterocycles. The van der Waals surface area contributed by atoms with Crippen molar-refractivity contribution < 1.29 is 9.90 Å². The van der Waals surface area contributed by atoms with E-state index in [-0.39, 0.29) is 17.7 Å². The Bertz CT molecular complexity index is 1000. The van der Waals surface area contributed by atoms with Crippen LogP contribution < -0.4 is 5.43 Å². The third-order valence-corrected chi connectivity index (χ3v) is 4.71. The van der Waals surface area contributed by atoms with Crippen molar-refractivity contribution >= 4 is 23.2 Å². The molecule has 4 nitrogen and oxygen atoms in total. The van der Waals surface area contributed by atoms with Crippen molar-refractivity contribution in [3.8, 4) is 5.75 Å². The Hall–Kier alpha value is -3.24. The minimum Gasteiger partial charge on any atom is -0.507 e. The van der Waals surface area contributed by atoms with Crippen LogP contribution >= 0.6 is 11.6 Å². The first-order valence-corrected chi connectivity index (χ1v) is 8.92. The zero-order valence-corrected chi connectivity index (χ0v) is 15.1. The molecule has 27 heavy (non-hydrogen) atoms. The van der Waals surface area contributed by atoms with E-state index in [1.807, 2.05) is 54.6 Å². The first-order valence-electron chi connectivity index (χ1n) is 8.54. The summed E-state index contributed by atoms with van der Waals surface area (Å²) < 4.78 is 0. The molecule has 0 saturated carbocycles. The number of amides is 1. The second kappa shape index (κ2) is 7.17. The Morgan fingerprint density at radius 2 is 1.63 bits per heavy atom. The molecular weight excluding hydrogens is 360 g/mol. The van der Waals surface area contributed by atoms with E-state index in [2.05, 4.69) is 5.43 Å². The SMILES string of the molecule is O=C(c1ccccc1)N1NC(c2cc(Cl)ccc2O)=C[C@H]1c1ccccc1. The minimum atomic E-state index is -0.313. The largest absolute Gasteiger partial charge is 0.507 e. The van der Waals surface area contributed by atoms with Crippen molar-refractivity contribution in [3.63, 3.8) is 0 Å². The number of nitrogens with zero attached hydrogens (tertiary/aromatic N) is 1. The van der Waals surface area contributed by atoms with Crippen LogP contribution in [0.5, 0.6) is 5.75 Å². The van der Waals surface area contributed by atoms with Gasteiger partial charge in [0.25, 0.3) is 5.91 Å². The molecule has 1 amide bonds. The van der Waals surface area contributed by atoms with Gasteiger partial charge in [0.1, 0.15) is 5.75 Å². The molecule has 3 aromatic rings. The summed E-state index contributed by atoms with van der Waals surface area (Å²) in [5.41, 5.74) is 5.87. The van der Waals surface area contributed by atoms with Crippen LogP contribution in [0.15, 0.2) is 84.9 Å². The molecule has 1 aliphatic rings. The van der Waals surface area contributed by atoms with E-state index in [1.54, 1.807) is 35.3 Å². The summed E-state index contributed by atoms with van der Waals surface area (Å²) >= 11 is 6.10. The van der Waals surface area contributed by atoms with Crippen LogP contribution in [0.1, 0.15) is 27.5 Å². The standard InChI is InChI=1S/C22H17ClN2O2/c23-17-11-12-21(26)18(13-17)19-14-20(15-7-3-1-4-8-15)25(24-19)22(27)16-9-5-2-6-10-16/h1-14,20,24,26H/t20-/m0/s1. The number of carbonyl (C=O) groups excluding carboxylic acids is 1. The van der Waals surface area contributed by atoms with Crippen LogP contribution in [0.2, 0.25) is 5.02 Å². The molecule has 0 unspecified atom stereocenters. The molecule has 4 rings (SSSR count). The maximum Gasteiger partial charge on any atom is 0.273 e. The van der Waals surface area contributed by atoms with E-state index in [0.29, 0.717) is 21.8 Å². The molecule has 1 heterocycles. The maximum atomic E-state index is 13.1. The van der Waals surface area contributed by atoms with Gasteiger partial charge in [0.05, 0.1) is 11.7 Å². The van der Waals surface area contributed by atoms with Crippen LogP contribution in [-0.2, 0) is 0 Å². The van der Waals surface area contributed by atoms with E-state index in [9.17, 15) is 9.90 Å². The van der Waals surface area contributed by atoms with Gasteiger partial charge in [-0.15, -0.1) is 0 Å². The summed E-state index contributed by atoms with van der Waals surface area (Å²) in [6.07, 6.45) is 1.92. The number of hydrogen-bond acceptors (Lipinski definition) is 3. The second-order valence-electron chi connectivity index (χ2n) is 6.25. The van der Waals surface area contributed by atoms with Crippen molar-refractivity contribution in [2.75, 3.05) is 0 Å². The molecule has 0 aromatic heterocycles. The molecule has 0 spiro atoms. The lowest BCUT2D eigenvalue weighted by Crippen LogP contribution is -2.39. The smallest absolute Gasteiger partial charge is 0.273 e. The van der Waals surface area contributed by atoms with Gasteiger partial charge in [0.15, 0.2) is 0 Å². The van der Waals surface area contributed by atoms with E-state index in [0.717, 1.165) is 5.56 Å². The average Bonchev–Trinajstić information content (AvgIpc) is 3.16. The van der Waals surface area contributed by atoms with Crippen molar-refractivity contribution in [1.82, 2.24) is 10.4 Å². The molecule has 0 radical (unpaired) electrons. The van der Waals surface area contributed by atoms with Crippen LogP contribution in [0.25, 0.3) is 5.70 Å². The fourth-order valence-electron chi connectivity index (χ4n) is 3.14.